The van der Waals surface area contributed by atoms with Gasteiger partial charge in [0.2, 0.25) is 0 Å². The van der Waals surface area contributed by atoms with Crippen molar-refractivity contribution in [3.8, 4) is 5.75 Å². The first-order valence-electron chi connectivity index (χ1n) is 5.49. The number of hydrogen-bond acceptors (Lipinski definition) is 2. The molecule has 1 amide bonds. The Morgan fingerprint density at radius 3 is 2.56 bits per heavy atom. The maximum absolute atomic E-state index is 11.9. The van der Waals surface area contributed by atoms with Gasteiger partial charge < -0.3 is 10.1 Å². The van der Waals surface area contributed by atoms with Gasteiger partial charge in [0.15, 0.2) is 0 Å². The minimum absolute atomic E-state index is 0.0555. The van der Waals surface area contributed by atoms with Gasteiger partial charge in [0.25, 0.3) is 5.91 Å². The van der Waals surface area contributed by atoms with Crippen LogP contribution in [0.15, 0.2) is 24.3 Å². The van der Waals surface area contributed by atoms with Gasteiger partial charge in [-0.15, -0.1) is 0 Å². The molecule has 0 aromatic heterocycles. The lowest BCUT2D eigenvalue weighted by Crippen LogP contribution is -2.36. The van der Waals surface area contributed by atoms with Crippen molar-refractivity contribution < 1.29 is 9.53 Å². The highest BCUT2D eigenvalue weighted by Gasteiger charge is 2.12. The number of ether oxygens (including phenoxy) is 1. The lowest BCUT2D eigenvalue weighted by Gasteiger charge is -2.17. The van der Waals surface area contributed by atoms with E-state index in [1.807, 2.05) is 19.1 Å². The largest absolute Gasteiger partial charge is 0.497 e. The zero-order valence-corrected chi connectivity index (χ0v) is 10.3. The molecule has 88 valence electrons. The van der Waals surface area contributed by atoms with E-state index in [0.29, 0.717) is 17.2 Å². The molecule has 1 aromatic rings. The highest BCUT2D eigenvalue weighted by molar-refractivity contribution is 5.94. The molecule has 0 radical (unpaired) electrons. The van der Waals surface area contributed by atoms with Crippen LogP contribution in [0.4, 0.5) is 0 Å². The summed E-state index contributed by atoms with van der Waals surface area (Å²) in [5.41, 5.74) is 0.631. The van der Waals surface area contributed by atoms with E-state index in [9.17, 15) is 4.79 Å². The second-order valence-electron chi connectivity index (χ2n) is 4.24. The minimum atomic E-state index is -0.0555. The van der Waals surface area contributed by atoms with Crippen LogP contribution in [0.3, 0.4) is 0 Å². The third kappa shape index (κ3) is 3.26. The monoisotopic (exact) mass is 221 g/mol. The Labute approximate surface area is 96.8 Å². The van der Waals surface area contributed by atoms with E-state index in [2.05, 4.69) is 19.2 Å². The molecule has 0 unspecified atom stereocenters. The summed E-state index contributed by atoms with van der Waals surface area (Å²) in [6.07, 6.45) is 0. The Balaban J connectivity index is 2.72. The summed E-state index contributed by atoms with van der Waals surface area (Å²) in [6.45, 7) is 6.16. The zero-order chi connectivity index (χ0) is 12.1. The number of nitrogens with one attached hydrogen (secondary N) is 1. The van der Waals surface area contributed by atoms with E-state index < -0.39 is 0 Å². The van der Waals surface area contributed by atoms with Crippen LogP contribution in [-0.4, -0.2) is 19.1 Å². The van der Waals surface area contributed by atoms with E-state index in [1.54, 1.807) is 19.2 Å². The lowest BCUT2D eigenvalue weighted by atomic mass is 10.1. The molecule has 0 aliphatic carbocycles. The lowest BCUT2D eigenvalue weighted by molar-refractivity contribution is 0.0930. The number of hydrogen-bond donors (Lipinski definition) is 1. The first kappa shape index (κ1) is 12.6. The quantitative estimate of drug-likeness (QED) is 0.848. The Morgan fingerprint density at radius 2 is 2.00 bits per heavy atom. The van der Waals surface area contributed by atoms with Crippen LogP contribution in [0.2, 0.25) is 0 Å². The molecule has 0 bridgehead atoms. The predicted molar refractivity (Wildman–Crippen MR) is 64.8 cm³/mol. The third-order valence-electron chi connectivity index (χ3n) is 2.69. The van der Waals surface area contributed by atoms with Gasteiger partial charge in [0.05, 0.1) is 7.11 Å². The predicted octanol–water partition coefficient (Wildman–Crippen LogP) is 2.47. The van der Waals surface area contributed by atoms with Gasteiger partial charge in [-0.3, -0.25) is 4.79 Å². The van der Waals surface area contributed by atoms with Crippen molar-refractivity contribution in [2.24, 2.45) is 5.92 Å². The fourth-order valence-electron chi connectivity index (χ4n) is 1.22. The number of benzene rings is 1. The molecule has 1 atom stereocenters. The number of carbonyl (C=O) groups is 1. The van der Waals surface area contributed by atoms with E-state index in [4.69, 9.17) is 4.74 Å². The fraction of sp³-hybridized carbons (Fsp3) is 0.462. The number of methoxy groups -OCH3 is 1. The summed E-state index contributed by atoms with van der Waals surface area (Å²) >= 11 is 0. The molecular formula is C13H19NO2. The highest BCUT2D eigenvalue weighted by atomic mass is 16.5. The van der Waals surface area contributed by atoms with Crippen molar-refractivity contribution in [1.29, 1.82) is 0 Å². The van der Waals surface area contributed by atoms with Gasteiger partial charge in [-0.2, -0.15) is 0 Å². The molecule has 1 rings (SSSR count). The maximum Gasteiger partial charge on any atom is 0.251 e. The maximum atomic E-state index is 11.9. The Kier molecular flexibility index (Phi) is 4.35. The van der Waals surface area contributed by atoms with Crippen LogP contribution in [0, 0.1) is 5.92 Å². The minimum Gasteiger partial charge on any atom is -0.497 e. The van der Waals surface area contributed by atoms with Crippen LogP contribution < -0.4 is 10.1 Å². The van der Waals surface area contributed by atoms with Crippen molar-refractivity contribution in [2.45, 2.75) is 26.8 Å². The second-order valence-corrected chi connectivity index (χ2v) is 4.24. The van der Waals surface area contributed by atoms with E-state index >= 15 is 0 Å². The summed E-state index contributed by atoms with van der Waals surface area (Å²) in [5, 5.41) is 2.95. The second kappa shape index (κ2) is 5.54. The molecule has 3 nitrogen and oxygen atoms in total. The van der Waals surface area contributed by atoms with Crippen LogP contribution in [0.25, 0.3) is 0 Å². The SMILES string of the molecule is COc1cccc(C(=O)N[C@@H](C)C(C)C)c1. The topological polar surface area (TPSA) is 38.3 Å². The molecular weight excluding hydrogens is 202 g/mol. The molecule has 0 aliphatic heterocycles. The molecule has 0 heterocycles. The van der Waals surface area contributed by atoms with Crippen molar-refractivity contribution in [3.63, 3.8) is 0 Å². The van der Waals surface area contributed by atoms with Crippen LogP contribution in [-0.2, 0) is 0 Å². The molecule has 0 saturated heterocycles. The first-order valence-corrected chi connectivity index (χ1v) is 5.49. The number of amides is 1. The van der Waals surface area contributed by atoms with Crippen LogP contribution in [0.1, 0.15) is 31.1 Å². The van der Waals surface area contributed by atoms with Crippen molar-refractivity contribution in [3.05, 3.63) is 29.8 Å². The van der Waals surface area contributed by atoms with Gasteiger partial charge in [-0.25, -0.2) is 0 Å². The average Bonchev–Trinajstić information content (AvgIpc) is 2.28. The van der Waals surface area contributed by atoms with Gasteiger partial charge in [0.1, 0.15) is 5.75 Å². The molecule has 0 fully saturated rings. The molecule has 1 N–H and O–H groups in total. The van der Waals surface area contributed by atoms with Gasteiger partial charge in [0, 0.05) is 11.6 Å². The molecule has 0 saturated carbocycles. The summed E-state index contributed by atoms with van der Waals surface area (Å²) < 4.78 is 5.08. The Hall–Kier alpha value is -1.51. The Morgan fingerprint density at radius 1 is 1.31 bits per heavy atom. The smallest absolute Gasteiger partial charge is 0.251 e. The van der Waals surface area contributed by atoms with Crippen LogP contribution in [0.5, 0.6) is 5.75 Å². The summed E-state index contributed by atoms with van der Waals surface area (Å²) in [5.74, 6) is 1.07. The van der Waals surface area contributed by atoms with E-state index in [0.717, 1.165) is 0 Å². The van der Waals surface area contributed by atoms with Crippen molar-refractivity contribution >= 4 is 5.91 Å². The average molecular weight is 221 g/mol. The summed E-state index contributed by atoms with van der Waals surface area (Å²) in [4.78, 5) is 11.9. The van der Waals surface area contributed by atoms with Crippen LogP contribution >= 0.6 is 0 Å². The van der Waals surface area contributed by atoms with Crippen molar-refractivity contribution in [2.75, 3.05) is 7.11 Å². The van der Waals surface area contributed by atoms with E-state index in [-0.39, 0.29) is 11.9 Å². The fourth-order valence-corrected chi connectivity index (χ4v) is 1.22. The molecule has 1 aromatic carbocycles. The summed E-state index contributed by atoms with van der Waals surface area (Å²) in [6, 6.07) is 7.32. The number of rotatable bonds is 4. The Bertz CT molecular complexity index is 361. The third-order valence-corrected chi connectivity index (χ3v) is 2.69. The normalized spacial score (nSPS) is 12.3. The molecule has 3 heteroatoms. The first-order chi connectivity index (χ1) is 7.54. The number of carbonyl (C=O) groups excluding carboxylic acids is 1. The van der Waals surface area contributed by atoms with Gasteiger partial charge >= 0.3 is 0 Å². The molecule has 0 spiro atoms. The van der Waals surface area contributed by atoms with Gasteiger partial charge in [-0.05, 0) is 31.0 Å². The van der Waals surface area contributed by atoms with Gasteiger partial charge in [-0.1, -0.05) is 19.9 Å². The van der Waals surface area contributed by atoms with Crippen molar-refractivity contribution in [1.82, 2.24) is 5.32 Å². The zero-order valence-electron chi connectivity index (χ0n) is 10.3. The molecule has 16 heavy (non-hydrogen) atoms. The molecule has 0 aliphatic rings. The standard InChI is InChI=1S/C13H19NO2/c1-9(2)10(3)14-13(15)11-6-5-7-12(8-11)16-4/h5-10H,1-4H3,(H,14,15)/t10-/m0/s1. The van der Waals surface area contributed by atoms with E-state index in [1.165, 1.54) is 0 Å². The summed E-state index contributed by atoms with van der Waals surface area (Å²) in [7, 11) is 1.59. The highest BCUT2D eigenvalue weighted by Crippen LogP contribution is 2.13.